The number of amides is 1. The van der Waals surface area contributed by atoms with Gasteiger partial charge in [0.15, 0.2) is 12.3 Å². The first-order valence-electron chi connectivity index (χ1n) is 7.18. The lowest BCUT2D eigenvalue weighted by atomic mass is 10.3. The van der Waals surface area contributed by atoms with Crippen LogP contribution in [0.4, 0.5) is 4.39 Å². The molecule has 0 unspecified atom stereocenters. The molecule has 1 aromatic heterocycles. The van der Waals surface area contributed by atoms with Crippen molar-refractivity contribution in [2.24, 2.45) is 0 Å². The molecule has 0 bridgehead atoms. The van der Waals surface area contributed by atoms with E-state index in [0.717, 1.165) is 12.8 Å². The van der Waals surface area contributed by atoms with E-state index in [4.69, 9.17) is 9.15 Å². The third-order valence-corrected chi connectivity index (χ3v) is 3.14. The number of oxazole rings is 1. The van der Waals surface area contributed by atoms with Gasteiger partial charge in [-0.1, -0.05) is 13.3 Å². The zero-order valence-electron chi connectivity index (χ0n) is 12.7. The van der Waals surface area contributed by atoms with Crippen molar-refractivity contribution in [3.05, 3.63) is 47.9 Å². The van der Waals surface area contributed by atoms with E-state index >= 15 is 0 Å². The van der Waals surface area contributed by atoms with E-state index in [2.05, 4.69) is 11.9 Å². The molecule has 0 spiro atoms. The SMILES string of the molecule is CCCCN(C)C(=O)c1coc(COc2ccc(F)cc2)n1. The molecule has 0 radical (unpaired) electrons. The van der Waals surface area contributed by atoms with Crippen molar-refractivity contribution in [2.75, 3.05) is 13.6 Å². The first-order valence-corrected chi connectivity index (χ1v) is 7.18. The number of nitrogens with zero attached hydrogens (tertiary/aromatic N) is 2. The number of hydrogen-bond donors (Lipinski definition) is 0. The Bertz CT molecular complexity index is 610. The molecule has 2 rings (SSSR count). The normalized spacial score (nSPS) is 10.5. The van der Waals surface area contributed by atoms with Crippen LogP contribution >= 0.6 is 0 Å². The second kappa shape index (κ2) is 7.59. The van der Waals surface area contributed by atoms with Crippen molar-refractivity contribution in [2.45, 2.75) is 26.4 Å². The van der Waals surface area contributed by atoms with Gasteiger partial charge in [-0.2, -0.15) is 0 Å². The van der Waals surface area contributed by atoms with Gasteiger partial charge in [-0.15, -0.1) is 0 Å². The highest BCUT2D eigenvalue weighted by molar-refractivity contribution is 5.91. The number of ether oxygens (including phenoxy) is 1. The Morgan fingerprint density at radius 1 is 1.36 bits per heavy atom. The number of rotatable bonds is 7. The Kier molecular flexibility index (Phi) is 5.52. The number of unbranched alkanes of at least 4 members (excludes halogenated alkanes) is 1. The number of carbonyl (C=O) groups is 1. The highest BCUT2D eigenvalue weighted by atomic mass is 19.1. The maximum Gasteiger partial charge on any atom is 0.275 e. The van der Waals surface area contributed by atoms with Crippen molar-refractivity contribution in [1.29, 1.82) is 0 Å². The van der Waals surface area contributed by atoms with Crippen LogP contribution in [-0.2, 0) is 6.61 Å². The summed E-state index contributed by atoms with van der Waals surface area (Å²) in [6, 6.07) is 5.65. The van der Waals surface area contributed by atoms with Crippen molar-refractivity contribution in [1.82, 2.24) is 9.88 Å². The van der Waals surface area contributed by atoms with Crippen LogP contribution in [0, 0.1) is 5.82 Å². The molecule has 5 nitrogen and oxygen atoms in total. The summed E-state index contributed by atoms with van der Waals surface area (Å²) in [7, 11) is 1.74. The number of carbonyl (C=O) groups excluding carboxylic acids is 1. The summed E-state index contributed by atoms with van der Waals surface area (Å²) in [5, 5.41) is 0. The molecule has 0 fully saturated rings. The van der Waals surface area contributed by atoms with Crippen LogP contribution in [0.1, 0.15) is 36.1 Å². The van der Waals surface area contributed by atoms with E-state index in [1.54, 1.807) is 11.9 Å². The van der Waals surface area contributed by atoms with Gasteiger partial charge in [0, 0.05) is 13.6 Å². The van der Waals surface area contributed by atoms with Crippen LogP contribution in [0.15, 0.2) is 34.9 Å². The lowest BCUT2D eigenvalue weighted by molar-refractivity contribution is 0.0787. The molecule has 0 atom stereocenters. The minimum atomic E-state index is -0.327. The van der Waals surface area contributed by atoms with Gasteiger partial charge in [0.2, 0.25) is 5.89 Å². The Hall–Kier alpha value is -2.37. The third kappa shape index (κ3) is 4.31. The Labute approximate surface area is 128 Å². The highest BCUT2D eigenvalue weighted by Crippen LogP contribution is 2.14. The van der Waals surface area contributed by atoms with Crippen LogP contribution in [-0.4, -0.2) is 29.4 Å². The molecule has 1 amide bonds. The summed E-state index contributed by atoms with van der Waals surface area (Å²) in [4.78, 5) is 17.8. The monoisotopic (exact) mass is 306 g/mol. The summed E-state index contributed by atoms with van der Waals surface area (Å²) in [5.41, 5.74) is 0.260. The average Bonchev–Trinajstić information content (AvgIpc) is 3.00. The summed E-state index contributed by atoms with van der Waals surface area (Å²) in [5.74, 6) is 0.306. The van der Waals surface area contributed by atoms with E-state index in [0.29, 0.717) is 18.2 Å². The Morgan fingerprint density at radius 2 is 2.09 bits per heavy atom. The zero-order chi connectivity index (χ0) is 15.9. The second-order valence-electron chi connectivity index (χ2n) is 4.95. The van der Waals surface area contributed by atoms with Crippen molar-refractivity contribution in [3.8, 4) is 5.75 Å². The molecular weight excluding hydrogens is 287 g/mol. The smallest absolute Gasteiger partial charge is 0.275 e. The van der Waals surface area contributed by atoms with E-state index in [1.807, 2.05) is 0 Å². The predicted octanol–water partition coefficient (Wildman–Crippen LogP) is 3.26. The van der Waals surface area contributed by atoms with Gasteiger partial charge in [0.1, 0.15) is 17.8 Å². The quantitative estimate of drug-likeness (QED) is 0.788. The number of hydrogen-bond acceptors (Lipinski definition) is 4. The zero-order valence-corrected chi connectivity index (χ0v) is 12.7. The molecule has 1 heterocycles. The van der Waals surface area contributed by atoms with Gasteiger partial charge in [-0.25, -0.2) is 9.37 Å². The molecule has 22 heavy (non-hydrogen) atoms. The molecule has 0 N–H and O–H groups in total. The fourth-order valence-corrected chi connectivity index (χ4v) is 1.84. The second-order valence-corrected chi connectivity index (χ2v) is 4.95. The third-order valence-electron chi connectivity index (χ3n) is 3.14. The van der Waals surface area contributed by atoms with Crippen LogP contribution in [0.3, 0.4) is 0 Å². The molecule has 118 valence electrons. The summed E-state index contributed by atoms with van der Waals surface area (Å²) in [6.07, 6.45) is 3.29. The fourth-order valence-electron chi connectivity index (χ4n) is 1.84. The van der Waals surface area contributed by atoms with Crippen LogP contribution in [0.5, 0.6) is 5.75 Å². The largest absolute Gasteiger partial charge is 0.484 e. The minimum Gasteiger partial charge on any atom is -0.484 e. The summed E-state index contributed by atoms with van der Waals surface area (Å²) >= 11 is 0. The molecule has 1 aromatic carbocycles. The molecule has 6 heteroatoms. The molecule has 0 aliphatic carbocycles. The lowest BCUT2D eigenvalue weighted by Gasteiger charge is -2.14. The van der Waals surface area contributed by atoms with E-state index < -0.39 is 0 Å². The maximum atomic E-state index is 12.8. The molecular formula is C16H19FN2O3. The number of aromatic nitrogens is 1. The molecule has 0 aliphatic heterocycles. The number of halogens is 1. The summed E-state index contributed by atoms with van der Waals surface area (Å²) < 4.78 is 23.4. The van der Waals surface area contributed by atoms with E-state index in [-0.39, 0.29) is 24.0 Å². The van der Waals surface area contributed by atoms with Crippen molar-refractivity contribution >= 4 is 5.91 Å². The summed E-state index contributed by atoms with van der Waals surface area (Å²) in [6.45, 7) is 2.83. The maximum absolute atomic E-state index is 12.8. The van der Waals surface area contributed by atoms with Crippen LogP contribution < -0.4 is 4.74 Å². The van der Waals surface area contributed by atoms with Gasteiger partial charge in [-0.05, 0) is 30.7 Å². The number of benzene rings is 1. The van der Waals surface area contributed by atoms with E-state index in [1.165, 1.54) is 30.5 Å². The molecule has 0 saturated carbocycles. The standard InChI is InChI=1S/C16H19FN2O3/c1-3-4-9-19(2)16(20)14-10-22-15(18-14)11-21-13-7-5-12(17)6-8-13/h5-8,10H,3-4,9,11H2,1-2H3. The minimum absolute atomic E-state index is 0.0809. The van der Waals surface area contributed by atoms with Crippen LogP contribution in [0.2, 0.25) is 0 Å². The van der Waals surface area contributed by atoms with Gasteiger partial charge in [0.25, 0.3) is 5.91 Å². The molecule has 0 aliphatic rings. The van der Waals surface area contributed by atoms with Crippen molar-refractivity contribution in [3.63, 3.8) is 0 Å². The van der Waals surface area contributed by atoms with E-state index in [9.17, 15) is 9.18 Å². The molecule has 2 aromatic rings. The Morgan fingerprint density at radius 3 is 2.77 bits per heavy atom. The van der Waals surface area contributed by atoms with Gasteiger partial charge in [0.05, 0.1) is 0 Å². The first kappa shape index (κ1) is 16.0. The van der Waals surface area contributed by atoms with Gasteiger partial charge >= 0.3 is 0 Å². The van der Waals surface area contributed by atoms with Crippen molar-refractivity contribution < 1.29 is 18.3 Å². The topological polar surface area (TPSA) is 55.6 Å². The van der Waals surface area contributed by atoms with Crippen LogP contribution in [0.25, 0.3) is 0 Å². The lowest BCUT2D eigenvalue weighted by Crippen LogP contribution is -2.27. The predicted molar refractivity (Wildman–Crippen MR) is 79.1 cm³/mol. The first-order chi connectivity index (χ1) is 10.6. The average molecular weight is 306 g/mol. The highest BCUT2D eigenvalue weighted by Gasteiger charge is 2.16. The van der Waals surface area contributed by atoms with Gasteiger partial charge in [-0.3, -0.25) is 4.79 Å². The van der Waals surface area contributed by atoms with Gasteiger partial charge < -0.3 is 14.1 Å². The Balaban J connectivity index is 1.90. The molecule has 0 saturated heterocycles. The fraction of sp³-hybridized carbons (Fsp3) is 0.375.